The molecule has 0 bridgehead atoms. The topological polar surface area (TPSA) is 71.5 Å². The Balaban J connectivity index is 1.68. The molecule has 0 aliphatic carbocycles. The first-order chi connectivity index (χ1) is 14.1. The number of ether oxygens (including phenoxy) is 1. The number of nitrogens with zero attached hydrogens (tertiary/aromatic N) is 2. The molecular weight excluding hydrogens is 366 g/mol. The van der Waals surface area contributed by atoms with E-state index in [1.807, 2.05) is 36.4 Å². The third-order valence-corrected chi connectivity index (χ3v) is 4.32. The number of hydrogen-bond acceptors (Lipinski definition) is 5. The van der Waals surface area contributed by atoms with E-state index >= 15 is 0 Å². The van der Waals surface area contributed by atoms with Crippen LogP contribution in [-0.2, 0) is 4.74 Å². The molecule has 0 saturated carbocycles. The van der Waals surface area contributed by atoms with Crippen LogP contribution in [0.1, 0.15) is 34.6 Å². The van der Waals surface area contributed by atoms with E-state index in [9.17, 15) is 9.59 Å². The smallest absolute Gasteiger partial charge is 0.338 e. The van der Waals surface area contributed by atoms with Crippen LogP contribution in [0.4, 0.5) is 17.2 Å². The van der Waals surface area contributed by atoms with Crippen LogP contribution >= 0.6 is 0 Å². The van der Waals surface area contributed by atoms with Crippen LogP contribution in [0.2, 0.25) is 0 Å². The molecule has 0 atom stereocenters. The molecule has 29 heavy (non-hydrogen) atoms. The van der Waals surface area contributed by atoms with Crippen LogP contribution in [0.15, 0.2) is 72.9 Å². The number of aromatic nitrogens is 1. The molecule has 6 heteroatoms. The maximum Gasteiger partial charge on any atom is 0.338 e. The second kappa shape index (κ2) is 9.50. The highest BCUT2D eigenvalue weighted by Gasteiger charge is 2.12. The van der Waals surface area contributed by atoms with Crippen LogP contribution in [0, 0.1) is 0 Å². The van der Waals surface area contributed by atoms with Crippen molar-refractivity contribution in [3.05, 3.63) is 84.1 Å². The van der Waals surface area contributed by atoms with Gasteiger partial charge < -0.3 is 15.0 Å². The minimum absolute atomic E-state index is 0.268. The van der Waals surface area contributed by atoms with Crippen LogP contribution in [0.25, 0.3) is 0 Å². The SMILES string of the molecule is CCOC(=O)c1ccc(NC(=O)c2ccc(N(CC)c3ccccc3)nc2)cc1. The Morgan fingerprint density at radius 3 is 2.21 bits per heavy atom. The van der Waals surface area contributed by atoms with Gasteiger partial charge in [0.05, 0.1) is 17.7 Å². The van der Waals surface area contributed by atoms with Gasteiger partial charge in [0, 0.05) is 24.1 Å². The van der Waals surface area contributed by atoms with E-state index in [4.69, 9.17) is 4.74 Å². The molecule has 0 saturated heterocycles. The normalized spacial score (nSPS) is 10.3. The second-order valence-electron chi connectivity index (χ2n) is 6.24. The second-order valence-corrected chi connectivity index (χ2v) is 6.24. The fraction of sp³-hybridized carbons (Fsp3) is 0.174. The monoisotopic (exact) mass is 389 g/mol. The summed E-state index contributed by atoms with van der Waals surface area (Å²) in [6, 6.07) is 20.1. The van der Waals surface area contributed by atoms with Crippen molar-refractivity contribution in [1.82, 2.24) is 4.98 Å². The summed E-state index contributed by atoms with van der Waals surface area (Å²) in [7, 11) is 0. The van der Waals surface area contributed by atoms with E-state index in [1.54, 1.807) is 43.5 Å². The van der Waals surface area contributed by atoms with Gasteiger partial charge >= 0.3 is 5.97 Å². The molecule has 0 aliphatic rings. The number of esters is 1. The number of para-hydroxylation sites is 1. The molecule has 1 N–H and O–H groups in total. The largest absolute Gasteiger partial charge is 0.462 e. The lowest BCUT2D eigenvalue weighted by Gasteiger charge is -2.22. The Morgan fingerprint density at radius 2 is 1.62 bits per heavy atom. The van der Waals surface area contributed by atoms with Gasteiger partial charge in [0.15, 0.2) is 0 Å². The number of benzene rings is 2. The number of nitrogens with one attached hydrogen (secondary N) is 1. The molecule has 3 rings (SSSR count). The molecule has 0 unspecified atom stereocenters. The fourth-order valence-electron chi connectivity index (χ4n) is 2.87. The summed E-state index contributed by atoms with van der Waals surface area (Å²) in [5.41, 5.74) is 2.52. The molecule has 148 valence electrons. The summed E-state index contributed by atoms with van der Waals surface area (Å²) in [6.45, 7) is 4.88. The average Bonchev–Trinajstić information content (AvgIpc) is 2.76. The van der Waals surface area contributed by atoms with Crippen molar-refractivity contribution < 1.29 is 14.3 Å². The molecule has 0 aliphatic heterocycles. The Morgan fingerprint density at radius 1 is 0.931 bits per heavy atom. The highest BCUT2D eigenvalue weighted by molar-refractivity contribution is 6.04. The molecule has 6 nitrogen and oxygen atoms in total. The molecule has 0 spiro atoms. The van der Waals surface area contributed by atoms with Gasteiger partial charge in [0.25, 0.3) is 5.91 Å². The molecule has 1 amide bonds. The molecular formula is C23H23N3O3. The number of hydrogen-bond donors (Lipinski definition) is 1. The van der Waals surface area contributed by atoms with Crippen molar-refractivity contribution in [3.8, 4) is 0 Å². The number of pyridine rings is 1. The van der Waals surface area contributed by atoms with E-state index in [2.05, 4.69) is 22.1 Å². The van der Waals surface area contributed by atoms with Gasteiger partial charge in [-0.25, -0.2) is 9.78 Å². The Kier molecular flexibility index (Phi) is 6.58. The predicted molar refractivity (Wildman–Crippen MR) is 114 cm³/mol. The number of carbonyl (C=O) groups excluding carboxylic acids is 2. The standard InChI is InChI=1S/C23H23N3O3/c1-3-26(20-8-6-5-7-9-20)21-15-12-18(16-24-21)22(27)25-19-13-10-17(11-14-19)23(28)29-4-2/h5-16H,3-4H2,1-2H3,(H,25,27). The van der Waals surface area contributed by atoms with Crippen molar-refractivity contribution in [3.63, 3.8) is 0 Å². The van der Waals surface area contributed by atoms with Gasteiger partial charge in [-0.05, 0) is 62.4 Å². The van der Waals surface area contributed by atoms with Crippen LogP contribution in [0.3, 0.4) is 0 Å². The van der Waals surface area contributed by atoms with Crippen LogP contribution in [-0.4, -0.2) is 30.0 Å². The molecule has 1 heterocycles. The van der Waals surface area contributed by atoms with E-state index in [1.165, 1.54) is 0 Å². The van der Waals surface area contributed by atoms with E-state index in [0.717, 1.165) is 18.1 Å². The first kappa shape index (κ1) is 20.1. The summed E-state index contributed by atoms with van der Waals surface area (Å²) in [4.78, 5) is 30.7. The van der Waals surface area contributed by atoms with Gasteiger partial charge in [-0.1, -0.05) is 18.2 Å². The van der Waals surface area contributed by atoms with Crippen molar-refractivity contribution in [2.24, 2.45) is 0 Å². The minimum Gasteiger partial charge on any atom is -0.462 e. The first-order valence-corrected chi connectivity index (χ1v) is 9.49. The van der Waals surface area contributed by atoms with E-state index < -0.39 is 0 Å². The van der Waals surface area contributed by atoms with Gasteiger partial charge in [-0.3, -0.25) is 4.79 Å². The molecule has 0 radical (unpaired) electrons. The summed E-state index contributed by atoms with van der Waals surface area (Å²) >= 11 is 0. The lowest BCUT2D eigenvalue weighted by Crippen LogP contribution is -2.18. The average molecular weight is 389 g/mol. The van der Waals surface area contributed by atoms with Crippen LogP contribution < -0.4 is 10.2 Å². The Bertz CT molecular complexity index is 955. The number of anilines is 3. The van der Waals surface area contributed by atoms with Gasteiger partial charge in [0.1, 0.15) is 5.82 Å². The van der Waals surface area contributed by atoms with Crippen molar-refractivity contribution >= 4 is 29.1 Å². The third kappa shape index (κ3) is 4.99. The Labute approximate surface area is 170 Å². The van der Waals surface area contributed by atoms with Crippen molar-refractivity contribution in [1.29, 1.82) is 0 Å². The molecule has 0 fully saturated rings. The highest BCUT2D eigenvalue weighted by Crippen LogP contribution is 2.23. The third-order valence-electron chi connectivity index (χ3n) is 4.32. The van der Waals surface area contributed by atoms with Gasteiger partial charge in [-0.2, -0.15) is 0 Å². The van der Waals surface area contributed by atoms with Gasteiger partial charge in [0.2, 0.25) is 0 Å². The maximum absolute atomic E-state index is 12.5. The van der Waals surface area contributed by atoms with E-state index in [0.29, 0.717) is 23.4 Å². The van der Waals surface area contributed by atoms with Crippen LogP contribution in [0.5, 0.6) is 0 Å². The number of carbonyl (C=O) groups is 2. The molecule has 3 aromatic rings. The number of rotatable bonds is 7. The Hall–Kier alpha value is -3.67. The summed E-state index contributed by atoms with van der Waals surface area (Å²) in [5, 5.41) is 2.81. The zero-order valence-electron chi connectivity index (χ0n) is 16.5. The zero-order chi connectivity index (χ0) is 20.6. The fourth-order valence-corrected chi connectivity index (χ4v) is 2.87. The van der Waals surface area contributed by atoms with Gasteiger partial charge in [-0.15, -0.1) is 0 Å². The lowest BCUT2D eigenvalue weighted by atomic mass is 10.2. The summed E-state index contributed by atoms with van der Waals surface area (Å²) in [5.74, 6) is 0.119. The quantitative estimate of drug-likeness (QED) is 0.595. The molecule has 2 aromatic carbocycles. The highest BCUT2D eigenvalue weighted by atomic mass is 16.5. The maximum atomic E-state index is 12.5. The molecule has 1 aromatic heterocycles. The number of amides is 1. The van der Waals surface area contributed by atoms with Crippen molar-refractivity contribution in [2.75, 3.05) is 23.4 Å². The van der Waals surface area contributed by atoms with E-state index in [-0.39, 0.29) is 11.9 Å². The zero-order valence-corrected chi connectivity index (χ0v) is 16.5. The summed E-state index contributed by atoms with van der Waals surface area (Å²) < 4.78 is 4.95. The summed E-state index contributed by atoms with van der Waals surface area (Å²) in [6.07, 6.45) is 1.56. The van der Waals surface area contributed by atoms with Crippen molar-refractivity contribution in [2.45, 2.75) is 13.8 Å². The predicted octanol–water partition coefficient (Wildman–Crippen LogP) is 4.67. The minimum atomic E-state index is -0.385. The first-order valence-electron chi connectivity index (χ1n) is 9.49. The lowest BCUT2D eigenvalue weighted by molar-refractivity contribution is 0.0526.